The first-order valence-corrected chi connectivity index (χ1v) is 18.6. The molecule has 2 heteroatoms. The number of hydrogen-bond donors (Lipinski definition) is 0. The molecule has 0 spiro atoms. The van der Waals surface area contributed by atoms with E-state index in [0.29, 0.717) is 11.8 Å². The quantitative estimate of drug-likeness (QED) is 0.132. The van der Waals surface area contributed by atoms with E-state index in [4.69, 9.17) is 0 Å². The van der Waals surface area contributed by atoms with Crippen LogP contribution in [0.25, 0.3) is 76.8 Å². The van der Waals surface area contributed by atoms with Gasteiger partial charge < -0.3 is 0 Å². The van der Waals surface area contributed by atoms with Crippen LogP contribution in [0.1, 0.15) is 61.8 Å². The third-order valence-electron chi connectivity index (χ3n) is 13.2. The number of aryl methyl sites for hydroxylation is 2. The van der Waals surface area contributed by atoms with Crippen LogP contribution in [0.2, 0.25) is 0 Å². The molecule has 0 N–H and O–H groups in total. The van der Waals surface area contributed by atoms with E-state index in [1.54, 1.807) is 0 Å². The van der Waals surface area contributed by atoms with Gasteiger partial charge in [-0.3, -0.25) is 0 Å². The lowest BCUT2D eigenvalue weighted by Crippen LogP contribution is -2.53. The van der Waals surface area contributed by atoms with Crippen molar-refractivity contribution in [3.63, 3.8) is 0 Å². The van der Waals surface area contributed by atoms with Gasteiger partial charge in [-0.15, -0.1) is 0 Å². The minimum Gasteiger partial charge on any atom is -0.0664 e. The molecule has 50 heavy (non-hydrogen) atoms. The van der Waals surface area contributed by atoms with Crippen LogP contribution < -0.4 is 32.8 Å². The topological polar surface area (TPSA) is 0 Å². The number of fused-ring (bicyclic) bond motifs is 10. The summed E-state index contributed by atoms with van der Waals surface area (Å²) >= 11 is 0. The maximum absolute atomic E-state index is 2.63. The fourth-order valence-corrected chi connectivity index (χ4v) is 11.0. The van der Waals surface area contributed by atoms with Crippen molar-refractivity contribution in [3.8, 4) is 44.5 Å². The fourth-order valence-electron chi connectivity index (χ4n) is 11.0. The Morgan fingerprint density at radius 1 is 0.380 bits per heavy atom. The standard InChI is InChI=1S/C48H36B2/c1-23(2)27-17-35-29-11-7-9-13-39(29)49-41-21-32-26(6)16-34-38-20-28(24(3)4)18-36-30-12-8-10-14-40(30)50(48(36)38)42-22-31-25(5)15-33(37(19-27)47(35)49)43(41)45(31)46(32)44(34)42/h7-24H,1-6H3. The van der Waals surface area contributed by atoms with Crippen LogP contribution in [-0.4, -0.2) is 13.4 Å². The second kappa shape index (κ2) is 8.98. The average Bonchev–Trinajstić information content (AvgIpc) is 3.64. The molecule has 4 heterocycles. The molecule has 8 aromatic rings. The minimum atomic E-state index is 0.254. The molecule has 0 nitrogen and oxygen atoms in total. The number of hydrogen-bond acceptors (Lipinski definition) is 0. The molecule has 0 saturated carbocycles. The summed E-state index contributed by atoms with van der Waals surface area (Å²) in [6, 6.07) is 38.9. The normalized spacial score (nSPS) is 14.1. The van der Waals surface area contributed by atoms with Gasteiger partial charge in [0.15, 0.2) is 0 Å². The summed E-state index contributed by atoms with van der Waals surface area (Å²) in [5, 5.41) is 8.79. The lowest BCUT2D eigenvalue weighted by atomic mass is 9.34. The van der Waals surface area contributed by atoms with Crippen LogP contribution in [0.5, 0.6) is 0 Å². The Balaban J connectivity index is 1.30. The summed E-state index contributed by atoms with van der Waals surface area (Å²) in [6.07, 6.45) is 0. The van der Waals surface area contributed by atoms with Gasteiger partial charge in [0.1, 0.15) is 0 Å². The molecule has 0 aliphatic carbocycles. The summed E-state index contributed by atoms with van der Waals surface area (Å²) in [5.41, 5.74) is 26.1. The highest BCUT2D eigenvalue weighted by Gasteiger charge is 2.44. The van der Waals surface area contributed by atoms with Crippen molar-refractivity contribution < 1.29 is 0 Å². The maximum atomic E-state index is 2.63. The van der Waals surface area contributed by atoms with E-state index in [0.717, 1.165) is 0 Å². The van der Waals surface area contributed by atoms with E-state index < -0.39 is 0 Å². The Morgan fingerprint density at radius 3 is 1.16 bits per heavy atom. The zero-order valence-electron chi connectivity index (χ0n) is 29.5. The molecule has 234 valence electrons. The van der Waals surface area contributed by atoms with E-state index in [-0.39, 0.29) is 13.4 Å². The molecule has 0 unspecified atom stereocenters. The molecule has 0 aromatic heterocycles. The third kappa shape index (κ3) is 3.06. The molecule has 0 saturated heterocycles. The highest BCUT2D eigenvalue weighted by Crippen LogP contribution is 2.48. The predicted octanol–water partition coefficient (Wildman–Crippen LogP) is 8.40. The molecule has 0 bridgehead atoms. The van der Waals surface area contributed by atoms with Crippen LogP contribution in [0.4, 0.5) is 0 Å². The highest BCUT2D eigenvalue weighted by atomic mass is 14.3. The van der Waals surface area contributed by atoms with Crippen molar-refractivity contribution in [2.75, 3.05) is 0 Å². The van der Waals surface area contributed by atoms with Crippen LogP contribution >= 0.6 is 0 Å². The van der Waals surface area contributed by atoms with Crippen molar-refractivity contribution in [1.29, 1.82) is 0 Å². The van der Waals surface area contributed by atoms with Crippen molar-refractivity contribution in [2.24, 2.45) is 0 Å². The molecule has 0 fully saturated rings. The summed E-state index contributed by atoms with van der Waals surface area (Å²) in [5.74, 6) is 0.927. The van der Waals surface area contributed by atoms with Gasteiger partial charge in [0.05, 0.1) is 0 Å². The Bertz CT molecular complexity index is 2710. The van der Waals surface area contributed by atoms with E-state index >= 15 is 0 Å². The lowest BCUT2D eigenvalue weighted by Gasteiger charge is -2.32. The van der Waals surface area contributed by atoms with Gasteiger partial charge in [-0.25, -0.2) is 0 Å². The predicted molar refractivity (Wildman–Crippen MR) is 219 cm³/mol. The first kappa shape index (κ1) is 27.7. The van der Waals surface area contributed by atoms with Crippen molar-refractivity contribution >= 4 is 78.5 Å². The second-order valence-corrected chi connectivity index (χ2v) is 16.4. The minimum absolute atomic E-state index is 0.254. The summed E-state index contributed by atoms with van der Waals surface area (Å²) in [4.78, 5) is 0. The summed E-state index contributed by atoms with van der Waals surface area (Å²) in [7, 11) is 0. The Morgan fingerprint density at radius 2 is 0.760 bits per heavy atom. The molecule has 0 amide bonds. The van der Waals surface area contributed by atoms with Crippen molar-refractivity contribution in [3.05, 3.63) is 119 Å². The monoisotopic (exact) mass is 634 g/mol. The lowest BCUT2D eigenvalue weighted by molar-refractivity contribution is 0.868. The zero-order chi connectivity index (χ0) is 33.5. The first-order valence-electron chi connectivity index (χ1n) is 18.6. The smallest absolute Gasteiger partial charge is 0.0664 e. The van der Waals surface area contributed by atoms with Gasteiger partial charge in [0, 0.05) is 0 Å². The largest absolute Gasteiger partial charge is 0.244 e. The van der Waals surface area contributed by atoms with Gasteiger partial charge in [0.2, 0.25) is 13.4 Å². The van der Waals surface area contributed by atoms with Crippen LogP contribution in [0.3, 0.4) is 0 Å². The molecule has 8 aromatic carbocycles. The van der Waals surface area contributed by atoms with E-state index in [1.807, 2.05) is 0 Å². The molecule has 4 aliphatic heterocycles. The second-order valence-electron chi connectivity index (χ2n) is 16.4. The Kier molecular flexibility index (Phi) is 4.98. The molecule has 0 radical (unpaired) electrons. The molecule has 12 rings (SSSR count). The molecule has 0 atom stereocenters. The first-order chi connectivity index (χ1) is 24.3. The average molecular weight is 634 g/mol. The van der Waals surface area contributed by atoms with Gasteiger partial charge in [-0.05, 0) is 125 Å². The van der Waals surface area contributed by atoms with E-state index in [1.165, 1.54) is 132 Å². The molecular weight excluding hydrogens is 598 g/mol. The van der Waals surface area contributed by atoms with E-state index in [9.17, 15) is 0 Å². The van der Waals surface area contributed by atoms with E-state index in [2.05, 4.69) is 139 Å². The van der Waals surface area contributed by atoms with Crippen LogP contribution in [0.15, 0.2) is 97.1 Å². The van der Waals surface area contributed by atoms with Crippen LogP contribution in [-0.2, 0) is 0 Å². The van der Waals surface area contributed by atoms with Gasteiger partial charge >= 0.3 is 0 Å². The summed E-state index contributed by atoms with van der Waals surface area (Å²) in [6.45, 7) is 14.6. The Labute approximate surface area is 294 Å². The maximum Gasteiger partial charge on any atom is 0.244 e. The summed E-state index contributed by atoms with van der Waals surface area (Å²) < 4.78 is 0. The van der Waals surface area contributed by atoms with Crippen molar-refractivity contribution in [2.45, 2.75) is 53.4 Å². The van der Waals surface area contributed by atoms with Crippen molar-refractivity contribution in [1.82, 2.24) is 0 Å². The van der Waals surface area contributed by atoms with Gasteiger partial charge in [-0.2, -0.15) is 0 Å². The molecule has 4 aliphatic rings. The SMILES string of the molecule is Cc1cc2c3c(cc4c(C)cc5c6c(cc1c3c46)B1c3ccccc3-c3cc(C(C)C)cc-5c31)B1c3ccccc3-c3cc(C(C)C)cc-2c31. The van der Waals surface area contributed by atoms with Crippen LogP contribution in [0, 0.1) is 13.8 Å². The number of benzene rings is 8. The van der Waals surface area contributed by atoms with Gasteiger partial charge in [-0.1, -0.05) is 158 Å². The molecular formula is C48H36B2. The Hall–Kier alpha value is -5.07. The third-order valence-corrected chi connectivity index (χ3v) is 13.2. The van der Waals surface area contributed by atoms with Gasteiger partial charge in [0.25, 0.3) is 0 Å². The fraction of sp³-hybridized carbons (Fsp3) is 0.167. The number of rotatable bonds is 2. The highest BCUT2D eigenvalue weighted by molar-refractivity contribution is 7.03. The zero-order valence-corrected chi connectivity index (χ0v) is 29.5.